The molecule has 0 aliphatic carbocycles. The van der Waals surface area contributed by atoms with E-state index in [-0.39, 0.29) is 5.91 Å². The maximum Gasteiger partial charge on any atom is 0.270 e. The summed E-state index contributed by atoms with van der Waals surface area (Å²) >= 11 is 0. The molecule has 5 heteroatoms. The first-order valence-corrected chi connectivity index (χ1v) is 8.87. The van der Waals surface area contributed by atoms with Crippen LogP contribution in [0.15, 0.2) is 79.4 Å². The normalized spacial score (nSPS) is 10.2. The Morgan fingerprint density at radius 1 is 1.00 bits per heavy atom. The summed E-state index contributed by atoms with van der Waals surface area (Å²) in [7, 11) is 0. The lowest BCUT2D eigenvalue weighted by Gasteiger charge is -2.10. The molecule has 1 heterocycles. The average Bonchev–Trinajstić information content (AvgIpc) is 2.73. The van der Waals surface area contributed by atoms with E-state index in [9.17, 15) is 4.79 Å². The minimum Gasteiger partial charge on any atom is -0.366 e. The molecule has 1 aromatic heterocycles. The number of hydrogen-bond acceptors (Lipinski definition) is 4. The Morgan fingerprint density at radius 3 is 2.41 bits per heavy atom. The maximum atomic E-state index is 12.6. The van der Waals surface area contributed by atoms with Crippen molar-refractivity contribution in [1.82, 2.24) is 15.3 Å². The Bertz CT molecular complexity index is 895. The molecule has 0 aliphatic rings. The number of hydrogen-bond donors (Lipinski definition) is 2. The highest BCUT2D eigenvalue weighted by atomic mass is 16.1. The number of amides is 1. The van der Waals surface area contributed by atoms with Crippen LogP contribution in [0.3, 0.4) is 0 Å². The monoisotopic (exact) mass is 358 g/mol. The molecule has 0 aliphatic heterocycles. The third-order valence-electron chi connectivity index (χ3n) is 3.96. The van der Waals surface area contributed by atoms with Gasteiger partial charge in [-0.1, -0.05) is 66.7 Å². The van der Waals surface area contributed by atoms with Crippen LogP contribution < -0.4 is 10.6 Å². The fourth-order valence-electron chi connectivity index (χ4n) is 2.60. The molecule has 0 spiro atoms. The number of anilines is 1. The van der Waals surface area contributed by atoms with Crippen LogP contribution in [0.1, 0.15) is 16.1 Å². The largest absolute Gasteiger partial charge is 0.366 e. The molecule has 0 saturated heterocycles. The van der Waals surface area contributed by atoms with Gasteiger partial charge in [0.05, 0.1) is 0 Å². The lowest BCUT2D eigenvalue weighted by atomic mass is 10.1. The van der Waals surface area contributed by atoms with Crippen molar-refractivity contribution in [2.45, 2.75) is 6.42 Å². The zero-order chi connectivity index (χ0) is 18.9. The minimum absolute atomic E-state index is 0.216. The van der Waals surface area contributed by atoms with Gasteiger partial charge >= 0.3 is 0 Å². The van der Waals surface area contributed by atoms with Crippen LogP contribution in [-0.2, 0) is 6.42 Å². The Labute approximate surface area is 159 Å². The van der Waals surface area contributed by atoms with Crippen LogP contribution >= 0.6 is 0 Å². The third kappa shape index (κ3) is 5.25. The Balaban J connectivity index is 1.76. The van der Waals surface area contributed by atoms with Crippen LogP contribution in [0.2, 0.25) is 0 Å². The van der Waals surface area contributed by atoms with Crippen molar-refractivity contribution in [2.24, 2.45) is 0 Å². The van der Waals surface area contributed by atoms with E-state index in [2.05, 4.69) is 27.2 Å². The second kappa shape index (κ2) is 9.29. The summed E-state index contributed by atoms with van der Waals surface area (Å²) in [6.07, 6.45) is 2.51. The quantitative estimate of drug-likeness (QED) is 0.602. The summed E-state index contributed by atoms with van der Waals surface area (Å²) < 4.78 is 0. The van der Waals surface area contributed by atoms with Gasteiger partial charge < -0.3 is 10.6 Å². The van der Waals surface area contributed by atoms with E-state index < -0.39 is 0 Å². The predicted octanol–water partition coefficient (Wildman–Crippen LogP) is 3.71. The lowest BCUT2D eigenvalue weighted by molar-refractivity contribution is 0.0949. The molecule has 5 nitrogen and oxygen atoms in total. The highest BCUT2D eigenvalue weighted by Crippen LogP contribution is 2.17. The van der Waals surface area contributed by atoms with E-state index in [1.165, 1.54) is 5.56 Å². The van der Waals surface area contributed by atoms with Gasteiger partial charge in [0, 0.05) is 24.7 Å². The molecule has 2 aromatic carbocycles. The molecule has 1 amide bonds. The maximum absolute atomic E-state index is 12.6. The molecule has 27 heavy (non-hydrogen) atoms. The van der Waals surface area contributed by atoms with Gasteiger partial charge in [0.2, 0.25) is 0 Å². The van der Waals surface area contributed by atoms with Crippen molar-refractivity contribution in [1.29, 1.82) is 0 Å². The molecule has 2 N–H and O–H groups in total. The van der Waals surface area contributed by atoms with E-state index >= 15 is 0 Å². The van der Waals surface area contributed by atoms with Crippen LogP contribution in [0.4, 0.5) is 5.82 Å². The number of nitrogens with one attached hydrogen (secondary N) is 2. The van der Waals surface area contributed by atoms with Crippen molar-refractivity contribution in [3.8, 4) is 11.4 Å². The van der Waals surface area contributed by atoms with E-state index in [0.29, 0.717) is 30.4 Å². The van der Waals surface area contributed by atoms with E-state index in [0.717, 1.165) is 12.0 Å². The fraction of sp³-hybridized carbons (Fsp3) is 0.136. The summed E-state index contributed by atoms with van der Waals surface area (Å²) in [6, 6.07) is 21.3. The van der Waals surface area contributed by atoms with Crippen LogP contribution in [0, 0.1) is 0 Å². The van der Waals surface area contributed by atoms with Crippen LogP contribution in [0.5, 0.6) is 0 Å². The Hall–Kier alpha value is -3.47. The average molecular weight is 358 g/mol. The molecule has 0 unspecified atom stereocenters. The number of carbonyl (C=O) groups excluding carboxylic acids is 1. The van der Waals surface area contributed by atoms with Crippen molar-refractivity contribution in [3.63, 3.8) is 0 Å². The van der Waals surface area contributed by atoms with Crippen molar-refractivity contribution in [3.05, 3.63) is 90.6 Å². The zero-order valence-electron chi connectivity index (χ0n) is 15.1. The Kier molecular flexibility index (Phi) is 6.30. The van der Waals surface area contributed by atoms with Crippen LogP contribution in [0.25, 0.3) is 11.4 Å². The fourth-order valence-corrected chi connectivity index (χ4v) is 2.60. The van der Waals surface area contributed by atoms with Gasteiger partial charge in [0.25, 0.3) is 5.91 Å². The topological polar surface area (TPSA) is 66.9 Å². The molecule has 136 valence electrons. The molecule has 3 aromatic rings. The standard InChI is InChI=1S/C22H22N4O/c1-2-14-23-20-16-19(25-21(26-20)18-11-7-4-8-12-18)22(27)24-15-13-17-9-5-3-6-10-17/h2-12,16H,1,13-15H2,(H,24,27)(H,23,25,26). The van der Waals surface area contributed by atoms with E-state index in [1.54, 1.807) is 12.1 Å². The van der Waals surface area contributed by atoms with Crippen molar-refractivity contribution < 1.29 is 4.79 Å². The summed E-state index contributed by atoms with van der Waals surface area (Å²) in [6.45, 7) is 4.80. The van der Waals surface area contributed by atoms with Gasteiger partial charge in [-0.05, 0) is 12.0 Å². The van der Waals surface area contributed by atoms with E-state index in [1.807, 2.05) is 60.7 Å². The van der Waals surface area contributed by atoms with Gasteiger partial charge in [-0.25, -0.2) is 9.97 Å². The molecule has 0 atom stereocenters. The summed E-state index contributed by atoms with van der Waals surface area (Å²) in [5.41, 5.74) is 2.38. The zero-order valence-corrected chi connectivity index (χ0v) is 15.1. The molecule has 0 bridgehead atoms. The molecule has 0 radical (unpaired) electrons. The van der Waals surface area contributed by atoms with Crippen molar-refractivity contribution in [2.75, 3.05) is 18.4 Å². The first-order chi connectivity index (χ1) is 13.3. The third-order valence-corrected chi connectivity index (χ3v) is 3.96. The highest BCUT2D eigenvalue weighted by Gasteiger charge is 2.12. The summed E-state index contributed by atoms with van der Waals surface area (Å²) in [5.74, 6) is 0.891. The second-order valence-corrected chi connectivity index (χ2v) is 5.99. The number of benzene rings is 2. The number of rotatable bonds is 8. The summed E-state index contributed by atoms with van der Waals surface area (Å²) in [4.78, 5) is 21.5. The molecular weight excluding hydrogens is 336 g/mol. The van der Waals surface area contributed by atoms with Gasteiger partial charge in [0.15, 0.2) is 5.82 Å². The minimum atomic E-state index is -0.216. The number of carbonyl (C=O) groups is 1. The molecular formula is C22H22N4O. The smallest absolute Gasteiger partial charge is 0.270 e. The molecule has 0 saturated carbocycles. The Morgan fingerprint density at radius 2 is 1.70 bits per heavy atom. The summed E-state index contributed by atoms with van der Waals surface area (Å²) in [5, 5.41) is 6.06. The van der Waals surface area contributed by atoms with Crippen LogP contribution in [-0.4, -0.2) is 29.0 Å². The molecule has 0 fully saturated rings. The predicted molar refractivity (Wildman–Crippen MR) is 109 cm³/mol. The number of aromatic nitrogens is 2. The van der Waals surface area contributed by atoms with Crippen molar-refractivity contribution >= 4 is 11.7 Å². The lowest BCUT2D eigenvalue weighted by Crippen LogP contribution is -2.27. The SMILES string of the molecule is C=CCNc1cc(C(=O)NCCc2ccccc2)nc(-c2ccccc2)n1. The molecule has 3 rings (SSSR count). The second-order valence-electron chi connectivity index (χ2n) is 5.99. The number of nitrogens with zero attached hydrogens (tertiary/aromatic N) is 2. The van der Waals surface area contributed by atoms with Gasteiger partial charge in [-0.15, -0.1) is 6.58 Å². The van der Waals surface area contributed by atoms with Gasteiger partial charge in [-0.2, -0.15) is 0 Å². The first kappa shape index (κ1) is 18.3. The van der Waals surface area contributed by atoms with Gasteiger partial charge in [0.1, 0.15) is 11.5 Å². The van der Waals surface area contributed by atoms with E-state index in [4.69, 9.17) is 0 Å². The van der Waals surface area contributed by atoms with Gasteiger partial charge in [-0.3, -0.25) is 4.79 Å². The highest BCUT2D eigenvalue weighted by molar-refractivity contribution is 5.93. The first-order valence-electron chi connectivity index (χ1n) is 8.87.